The predicted molar refractivity (Wildman–Crippen MR) is 73.0 cm³/mol. The molecule has 0 atom stereocenters. The van der Waals surface area contributed by atoms with E-state index in [1.165, 1.54) is 19.2 Å². The molecule has 0 aliphatic carbocycles. The van der Waals surface area contributed by atoms with Gasteiger partial charge in [-0.3, -0.25) is 4.79 Å². The van der Waals surface area contributed by atoms with E-state index in [1.807, 2.05) is 0 Å². The van der Waals surface area contributed by atoms with Gasteiger partial charge in [-0.25, -0.2) is 14.4 Å². The third-order valence-corrected chi connectivity index (χ3v) is 2.96. The molecule has 5 nitrogen and oxygen atoms in total. The summed E-state index contributed by atoms with van der Waals surface area (Å²) >= 11 is 11.6. The van der Waals surface area contributed by atoms with Crippen molar-refractivity contribution in [1.29, 1.82) is 0 Å². The Bertz CT molecular complexity index is 647. The summed E-state index contributed by atoms with van der Waals surface area (Å²) in [4.78, 5) is 19.3. The lowest BCUT2D eigenvalue weighted by molar-refractivity contribution is 0.102. The number of ether oxygens (including phenoxy) is 1. The van der Waals surface area contributed by atoms with Crippen molar-refractivity contribution < 1.29 is 13.9 Å². The standard InChI is InChI=1S/C12H8Cl2FN3O2/c1-20-8-3-2-6(4-7(8)15)18-12(19)9-10(13)16-5-17-11(9)14/h2-5H,1H3,(H,18,19). The first-order valence-electron chi connectivity index (χ1n) is 5.34. The third-order valence-electron chi connectivity index (χ3n) is 2.39. The van der Waals surface area contributed by atoms with Gasteiger partial charge in [-0.15, -0.1) is 0 Å². The average molecular weight is 316 g/mol. The first-order chi connectivity index (χ1) is 9.52. The molecule has 1 N–H and O–H groups in total. The van der Waals surface area contributed by atoms with Gasteiger partial charge in [-0.05, 0) is 12.1 Å². The van der Waals surface area contributed by atoms with E-state index < -0.39 is 11.7 Å². The maximum absolute atomic E-state index is 13.5. The first-order valence-corrected chi connectivity index (χ1v) is 6.09. The highest BCUT2D eigenvalue weighted by Gasteiger charge is 2.17. The molecule has 0 bridgehead atoms. The average Bonchev–Trinajstić information content (AvgIpc) is 2.38. The molecular weight excluding hydrogens is 308 g/mol. The quantitative estimate of drug-likeness (QED) is 0.883. The van der Waals surface area contributed by atoms with E-state index in [1.54, 1.807) is 0 Å². The van der Waals surface area contributed by atoms with Gasteiger partial charge in [0.15, 0.2) is 11.6 Å². The Labute approximate surface area is 123 Å². The summed E-state index contributed by atoms with van der Waals surface area (Å²) in [5, 5.41) is 2.28. The molecule has 0 aliphatic heterocycles. The number of hydrogen-bond acceptors (Lipinski definition) is 4. The number of carbonyl (C=O) groups is 1. The number of benzene rings is 1. The maximum Gasteiger partial charge on any atom is 0.261 e. The minimum absolute atomic E-state index is 0.0714. The second kappa shape index (κ2) is 6.02. The van der Waals surface area contributed by atoms with Crippen LogP contribution < -0.4 is 10.1 Å². The number of rotatable bonds is 3. The Morgan fingerprint density at radius 3 is 2.50 bits per heavy atom. The van der Waals surface area contributed by atoms with E-state index in [9.17, 15) is 9.18 Å². The molecule has 0 unspecified atom stereocenters. The van der Waals surface area contributed by atoms with Crippen LogP contribution in [0.15, 0.2) is 24.5 Å². The van der Waals surface area contributed by atoms with Crippen LogP contribution in [0.1, 0.15) is 10.4 Å². The summed E-state index contributed by atoms with van der Waals surface area (Å²) in [7, 11) is 1.34. The van der Waals surface area contributed by atoms with Crippen LogP contribution in [0.25, 0.3) is 0 Å². The van der Waals surface area contributed by atoms with Crippen molar-refractivity contribution in [3.05, 3.63) is 46.2 Å². The van der Waals surface area contributed by atoms with E-state index in [4.69, 9.17) is 27.9 Å². The lowest BCUT2D eigenvalue weighted by Gasteiger charge is -2.08. The number of carbonyl (C=O) groups excluding carboxylic acids is 1. The Kier molecular flexibility index (Phi) is 4.36. The summed E-state index contributed by atoms with van der Waals surface area (Å²) in [5.74, 6) is -1.17. The molecule has 2 rings (SSSR count). The fourth-order valence-corrected chi connectivity index (χ4v) is 1.96. The molecule has 0 saturated carbocycles. The van der Waals surface area contributed by atoms with Crippen molar-refractivity contribution in [2.24, 2.45) is 0 Å². The van der Waals surface area contributed by atoms with Crippen LogP contribution in [0.3, 0.4) is 0 Å². The van der Waals surface area contributed by atoms with Crippen LogP contribution in [-0.2, 0) is 0 Å². The van der Waals surface area contributed by atoms with Gasteiger partial charge < -0.3 is 10.1 Å². The highest BCUT2D eigenvalue weighted by atomic mass is 35.5. The lowest BCUT2D eigenvalue weighted by atomic mass is 10.2. The monoisotopic (exact) mass is 315 g/mol. The van der Waals surface area contributed by atoms with Gasteiger partial charge in [-0.2, -0.15) is 0 Å². The van der Waals surface area contributed by atoms with Crippen molar-refractivity contribution in [2.75, 3.05) is 12.4 Å². The molecule has 2 aromatic rings. The van der Waals surface area contributed by atoms with Gasteiger partial charge in [0.2, 0.25) is 0 Å². The van der Waals surface area contributed by atoms with Gasteiger partial charge in [0, 0.05) is 11.8 Å². The molecule has 0 aliphatic rings. The second-order valence-corrected chi connectivity index (χ2v) is 4.35. The fraction of sp³-hybridized carbons (Fsp3) is 0.0833. The minimum Gasteiger partial charge on any atom is -0.494 e. The minimum atomic E-state index is -0.634. The lowest BCUT2D eigenvalue weighted by Crippen LogP contribution is -2.14. The second-order valence-electron chi connectivity index (χ2n) is 3.63. The molecule has 20 heavy (non-hydrogen) atoms. The van der Waals surface area contributed by atoms with Crippen molar-refractivity contribution in [1.82, 2.24) is 9.97 Å². The molecule has 0 saturated heterocycles. The first kappa shape index (κ1) is 14.5. The van der Waals surface area contributed by atoms with Gasteiger partial charge in [-0.1, -0.05) is 23.2 Å². The Morgan fingerprint density at radius 2 is 1.95 bits per heavy atom. The summed E-state index contributed by atoms with van der Waals surface area (Å²) in [6.07, 6.45) is 1.13. The van der Waals surface area contributed by atoms with Crippen molar-refractivity contribution >= 4 is 34.8 Å². The van der Waals surface area contributed by atoms with E-state index in [-0.39, 0.29) is 27.3 Å². The number of anilines is 1. The van der Waals surface area contributed by atoms with Crippen LogP contribution in [0.2, 0.25) is 10.3 Å². The predicted octanol–water partition coefficient (Wildman–Crippen LogP) is 3.18. The fourth-order valence-electron chi connectivity index (χ4n) is 1.47. The smallest absolute Gasteiger partial charge is 0.261 e. The van der Waals surface area contributed by atoms with E-state index in [2.05, 4.69) is 15.3 Å². The van der Waals surface area contributed by atoms with Crippen LogP contribution in [0.4, 0.5) is 10.1 Å². The molecule has 0 fully saturated rings. The normalized spacial score (nSPS) is 10.2. The Hall–Kier alpha value is -1.92. The molecule has 0 radical (unpaired) electrons. The maximum atomic E-state index is 13.5. The zero-order valence-electron chi connectivity index (χ0n) is 10.2. The molecule has 1 amide bonds. The van der Waals surface area contributed by atoms with Gasteiger partial charge in [0.1, 0.15) is 22.2 Å². The summed E-state index contributed by atoms with van der Waals surface area (Å²) in [5.41, 5.74) is 0.149. The zero-order valence-corrected chi connectivity index (χ0v) is 11.7. The highest BCUT2D eigenvalue weighted by molar-refractivity contribution is 6.38. The highest BCUT2D eigenvalue weighted by Crippen LogP contribution is 2.24. The number of amides is 1. The van der Waals surface area contributed by atoms with Crippen LogP contribution >= 0.6 is 23.2 Å². The van der Waals surface area contributed by atoms with Crippen molar-refractivity contribution in [3.63, 3.8) is 0 Å². The zero-order chi connectivity index (χ0) is 14.7. The number of nitrogens with zero attached hydrogens (tertiary/aromatic N) is 2. The summed E-state index contributed by atoms with van der Waals surface area (Å²) in [6, 6.07) is 3.98. The molecule has 1 aromatic heterocycles. The Morgan fingerprint density at radius 1 is 1.30 bits per heavy atom. The van der Waals surface area contributed by atoms with Crippen molar-refractivity contribution in [2.45, 2.75) is 0 Å². The third kappa shape index (κ3) is 2.97. The number of hydrogen-bond donors (Lipinski definition) is 1. The van der Waals surface area contributed by atoms with Crippen LogP contribution in [-0.4, -0.2) is 23.0 Å². The number of halogens is 3. The van der Waals surface area contributed by atoms with E-state index >= 15 is 0 Å². The van der Waals surface area contributed by atoms with Gasteiger partial charge in [0.05, 0.1) is 7.11 Å². The molecule has 0 spiro atoms. The van der Waals surface area contributed by atoms with Crippen LogP contribution in [0.5, 0.6) is 5.75 Å². The summed E-state index contributed by atoms with van der Waals surface area (Å²) < 4.78 is 18.3. The van der Waals surface area contributed by atoms with Gasteiger partial charge >= 0.3 is 0 Å². The van der Waals surface area contributed by atoms with Crippen molar-refractivity contribution in [3.8, 4) is 5.75 Å². The van der Waals surface area contributed by atoms with E-state index in [0.29, 0.717) is 0 Å². The number of nitrogens with one attached hydrogen (secondary N) is 1. The SMILES string of the molecule is COc1ccc(NC(=O)c2c(Cl)ncnc2Cl)cc1F. The topological polar surface area (TPSA) is 64.1 Å². The van der Waals surface area contributed by atoms with Gasteiger partial charge in [0.25, 0.3) is 5.91 Å². The Balaban J connectivity index is 2.26. The van der Waals surface area contributed by atoms with E-state index in [0.717, 1.165) is 12.4 Å². The number of aromatic nitrogens is 2. The molecular formula is C12H8Cl2FN3O2. The van der Waals surface area contributed by atoms with Crippen LogP contribution in [0, 0.1) is 5.82 Å². The molecule has 104 valence electrons. The molecule has 1 aromatic carbocycles. The molecule has 1 heterocycles. The number of methoxy groups -OCH3 is 1. The summed E-state index contributed by atoms with van der Waals surface area (Å²) in [6.45, 7) is 0. The molecule has 8 heteroatoms. The largest absolute Gasteiger partial charge is 0.494 e.